The van der Waals surface area contributed by atoms with Gasteiger partial charge in [-0.2, -0.15) is 4.39 Å². The third-order valence-corrected chi connectivity index (χ3v) is 3.65. The van der Waals surface area contributed by atoms with Gasteiger partial charge in [0.25, 0.3) is 0 Å². The lowest BCUT2D eigenvalue weighted by molar-refractivity contribution is 0.201. The van der Waals surface area contributed by atoms with E-state index in [0.29, 0.717) is 0 Å². The number of rotatable bonds is 7. The summed E-state index contributed by atoms with van der Waals surface area (Å²) < 4.78 is 66.9. The Kier molecular flexibility index (Phi) is 6.42. The molecule has 0 spiro atoms. The summed E-state index contributed by atoms with van der Waals surface area (Å²) in [6.07, 6.45) is 0.179. The van der Waals surface area contributed by atoms with Gasteiger partial charge in [0.1, 0.15) is 0 Å². The summed E-state index contributed by atoms with van der Waals surface area (Å²) >= 11 is 0. The molecule has 2 rings (SSSR count). The first-order valence-corrected chi connectivity index (χ1v) is 7.93. The van der Waals surface area contributed by atoms with E-state index >= 15 is 0 Å². The Morgan fingerprint density at radius 1 is 0.840 bits per heavy atom. The van der Waals surface area contributed by atoms with Gasteiger partial charge >= 0.3 is 0 Å². The van der Waals surface area contributed by atoms with Crippen molar-refractivity contribution >= 4 is 0 Å². The van der Waals surface area contributed by atoms with E-state index in [1.807, 2.05) is 13.8 Å². The van der Waals surface area contributed by atoms with Crippen molar-refractivity contribution in [2.45, 2.75) is 20.3 Å². The summed E-state index contributed by atoms with van der Waals surface area (Å²) in [6.45, 7) is 4.17. The van der Waals surface area contributed by atoms with Crippen molar-refractivity contribution in [3.8, 4) is 16.9 Å². The van der Waals surface area contributed by atoms with Crippen LogP contribution in [-0.2, 0) is 11.2 Å². The first kappa shape index (κ1) is 19.2. The molecule has 0 unspecified atom stereocenters. The van der Waals surface area contributed by atoms with Crippen LogP contribution >= 0.6 is 0 Å². The lowest BCUT2D eigenvalue weighted by atomic mass is 10.0. The number of ether oxygens (including phenoxy) is 2. The Morgan fingerprint density at radius 2 is 1.44 bits per heavy atom. The molecule has 0 aromatic heterocycles. The molecular formula is C19H20F4O2. The maximum Gasteiger partial charge on any atom is 0.201 e. The molecule has 0 saturated heterocycles. The van der Waals surface area contributed by atoms with Crippen LogP contribution in [0.25, 0.3) is 11.1 Å². The predicted molar refractivity (Wildman–Crippen MR) is 87.6 cm³/mol. The maximum atomic E-state index is 14.3. The molecule has 2 aromatic rings. The average Bonchev–Trinajstić information content (AvgIpc) is 2.58. The van der Waals surface area contributed by atoms with Gasteiger partial charge in [0.15, 0.2) is 23.2 Å². The van der Waals surface area contributed by atoms with Gasteiger partial charge in [-0.05, 0) is 30.0 Å². The number of hydrogen-bond donors (Lipinski definition) is 0. The molecule has 0 radical (unpaired) electrons. The number of methoxy groups -OCH3 is 1. The molecule has 136 valence electrons. The van der Waals surface area contributed by atoms with Crippen LogP contribution in [0.1, 0.15) is 19.4 Å². The molecule has 0 atom stereocenters. The minimum Gasteiger partial charge on any atom is -0.490 e. The largest absolute Gasteiger partial charge is 0.490 e. The van der Waals surface area contributed by atoms with Crippen molar-refractivity contribution in [2.75, 3.05) is 20.3 Å². The lowest BCUT2D eigenvalue weighted by Gasteiger charge is -2.13. The maximum absolute atomic E-state index is 14.3. The van der Waals surface area contributed by atoms with Gasteiger partial charge in [0.05, 0.1) is 13.2 Å². The van der Waals surface area contributed by atoms with Gasteiger partial charge < -0.3 is 9.47 Å². The average molecular weight is 356 g/mol. The van der Waals surface area contributed by atoms with Crippen LogP contribution in [0.4, 0.5) is 17.6 Å². The molecular weight excluding hydrogens is 336 g/mol. The first-order chi connectivity index (χ1) is 11.9. The summed E-state index contributed by atoms with van der Waals surface area (Å²) in [6, 6.07) is 4.97. The molecule has 0 heterocycles. The normalized spacial score (nSPS) is 11.2. The van der Waals surface area contributed by atoms with E-state index in [0.717, 1.165) is 0 Å². The van der Waals surface area contributed by atoms with Crippen molar-refractivity contribution in [1.29, 1.82) is 0 Å². The summed E-state index contributed by atoms with van der Waals surface area (Å²) in [4.78, 5) is 0. The van der Waals surface area contributed by atoms with Crippen LogP contribution in [0.2, 0.25) is 0 Å². The molecule has 2 aromatic carbocycles. The minimum atomic E-state index is -1.27. The Hall–Kier alpha value is -2.08. The van der Waals surface area contributed by atoms with E-state index in [1.54, 1.807) is 0 Å². The summed E-state index contributed by atoms with van der Waals surface area (Å²) in [5.41, 5.74) is -0.588. The fraction of sp³-hybridized carbons (Fsp3) is 0.368. The highest BCUT2D eigenvalue weighted by Crippen LogP contribution is 2.33. The Bertz CT molecular complexity index is 745. The van der Waals surface area contributed by atoms with Gasteiger partial charge in [-0.1, -0.05) is 26.0 Å². The van der Waals surface area contributed by atoms with Gasteiger partial charge in [0, 0.05) is 18.2 Å². The van der Waals surface area contributed by atoms with Crippen LogP contribution in [0.15, 0.2) is 24.3 Å². The van der Waals surface area contributed by atoms with Crippen molar-refractivity contribution in [1.82, 2.24) is 0 Å². The Morgan fingerprint density at radius 3 is 2.04 bits per heavy atom. The zero-order valence-electron chi connectivity index (χ0n) is 14.3. The molecule has 25 heavy (non-hydrogen) atoms. The quantitative estimate of drug-likeness (QED) is 0.640. The van der Waals surface area contributed by atoms with E-state index in [1.165, 1.54) is 31.4 Å². The van der Waals surface area contributed by atoms with Crippen molar-refractivity contribution < 1.29 is 27.0 Å². The fourth-order valence-electron chi connectivity index (χ4n) is 2.31. The van der Waals surface area contributed by atoms with Gasteiger partial charge in [-0.25, -0.2) is 13.2 Å². The van der Waals surface area contributed by atoms with Gasteiger partial charge in [-0.15, -0.1) is 0 Å². The molecule has 2 nitrogen and oxygen atoms in total. The van der Waals surface area contributed by atoms with E-state index in [4.69, 9.17) is 9.47 Å². The third-order valence-electron chi connectivity index (χ3n) is 3.65. The Labute approximate surface area is 144 Å². The highest BCUT2D eigenvalue weighted by Gasteiger charge is 2.21. The van der Waals surface area contributed by atoms with Crippen LogP contribution in [0.5, 0.6) is 5.75 Å². The summed E-state index contributed by atoms with van der Waals surface area (Å²) in [7, 11) is 1.45. The molecule has 0 aliphatic heterocycles. The smallest absolute Gasteiger partial charge is 0.201 e. The Balaban J connectivity index is 2.39. The minimum absolute atomic E-state index is 0.112. The van der Waals surface area contributed by atoms with E-state index < -0.39 is 23.3 Å². The number of hydrogen-bond acceptors (Lipinski definition) is 2. The highest BCUT2D eigenvalue weighted by molar-refractivity contribution is 5.66. The van der Waals surface area contributed by atoms with Gasteiger partial charge in [-0.3, -0.25) is 0 Å². The zero-order valence-corrected chi connectivity index (χ0v) is 14.3. The van der Waals surface area contributed by atoms with Crippen LogP contribution < -0.4 is 4.74 Å². The van der Waals surface area contributed by atoms with Crippen molar-refractivity contribution in [3.05, 3.63) is 53.1 Å². The molecule has 0 aliphatic carbocycles. The molecule has 6 heteroatoms. The number of halogens is 4. The van der Waals surface area contributed by atoms with Gasteiger partial charge in [0.2, 0.25) is 5.82 Å². The predicted octanol–water partition coefficient (Wildman–Crippen LogP) is 5.13. The fourth-order valence-corrected chi connectivity index (χ4v) is 2.31. The molecule has 0 fully saturated rings. The van der Waals surface area contributed by atoms with E-state index in [2.05, 4.69) is 0 Å². The topological polar surface area (TPSA) is 18.5 Å². The molecule has 0 aliphatic rings. The van der Waals surface area contributed by atoms with Crippen molar-refractivity contribution in [3.63, 3.8) is 0 Å². The van der Waals surface area contributed by atoms with Crippen molar-refractivity contribution in [2.24, 2.45) is 5.92 Å². The SMILES string of the molecule is COCCc1ccc(-c2ccc(OCC(C)C)c(F)c2F)c(F)c1F. The monoisotopic (exact) mass is 356 g/mol. The van der Waals surface area contributed by atoms with Crippen LogP contribution in [0.3, 0.4) is 0 Å². The van der Waals surface area contributed by atoms with E-state index in [-0.39, 0.29) is 48.0 Å². The zero-order chi connectivity index (χ0) is 18.6. The second kappa shape index (κ2) is 8.34. The molecule has 0 N–H and O–H groups in total. The second-order valence-electron chi connectivity index (χ2n) is 6.09. The molecule has 0 saturated carbocycles. The molecule has 0 amide bonds. The molecule has 0 bridgehead atoms. The first-order valence-electron chi connectivity index (χ1n) is 7.93. The summed E-state index contributed by atoms with van der Waals surface area (Å²) in [5, 5.41) is 0. The second-order valence-corrected chi connectivity index (χ2v) is 6.09. The number of benzene rings is 2. The standard InChI is InChI=1S/C19H20F4O2/c1-11(2)10-25-15-7-6-14(18(22)19(15)23)13-5-4-12(8-9-24-3)16(20)17(13)21/h4-7,11H,8-10H2,1-3H3. The van der Waals surface area contributed by atoms with Crippen LogP contribution in [-0.4, -0.2) is 20.3 Å². The third kappa shape index (κ3) is 4.31. The van der Waals surface area contributed by atoms with E-state index in [9.17, 15) is 17.6 Å². The highest BCUT2D eigenvalue weighted by atomic mass is 19.2. The van der Waals surface area contributed by atoms with Crippen LogP contribution in [0, 0.1) is 29.2 Å². The summed E-state index contributed by atoms with van der Waals surface area (Å²) in [5.74, 6) is -4.93. The lowest BCUT2D eigenvalue weighted by Crippen LogP contribution is -2.07.